The highest BCUT2D eigenvalue weighted by atomic mass is 32.2. The van der Waals surface area contributed by atoms with E-state index in [1.165, 1.54) is 99.7 Å². The molecule has 0 amide bonds. The molecule has 1 rings (SSSR count). The Balaban J connectivity index is 2.22. The second-order valence-corrected chi connectivity index (χ2v) is 10.00. The van der Waals surface area contributed by atoms with Crippen LogP contribution in [-0.2, 0) is 11.5 Å². The fourth-order valence-electron chi connectivity index (χ4n) is 3.38. The molecule has 162 valence electrons. The minimum Gasteiger partial charge on any atom is -0.496 e. The topological polar surface area (TPSA) is 9.23 Å². The lowest BCUT2D eigenvalue weighted by Crippen LogP contribution is -1.94. The first kappa shape index (κ1) is 25.8. The standard InChI is InChI=1S/C25H44OS2/c1-4-6-8-10-12-14-18-27-21-23-16-17-25(26-3)24(20-23)22-28-19-15-13-11-9-7-5-2/h16-17,20H,4-15,18-19,21-22H2,1-3H3. The number of unbranched alkanes of at least 4 members (excludes halogenated alkanes) is 10. The fourth-order valence-corrected chi connectivity index (χ4v) is 5.34. The van der Waals surface area contributed by atoms with Crippen molar-refractivity contribution in [2.75, 3.05) is 18.6 Å². The third-order valence-corrected chi connectivity index (χ3v) is 7.36. The quantitative estimate of drug-likeness (QED) is 0.205. The predicted molar refractivity (Wildman–Crippen MR) is 132 cm³/mol. The molecule has 1 nitrogen and oxygen atoms in total. The summed E-state index contributed by atoms with van der Waals surface area (Å²) in [5.41, 5.74) is 2.82. The van der Waals surface area contributed by atoms with Crippen LogP contribution in [0.4, 0.5) is 0 Å². The molecule has 0 aromatic heterocycles. The molecular weight excluding hydrogens is 380 g/mol. The third kappa shape index (κ3) is 13.0. The normalized spacial score (nSPS) is 11.1. The Kier molecular flexibility index (Phi) is 17.2. The first-order chi connectivity index (χ1) is 13.8. The molecule has 1 aromatic rings. The van der Waals surface area contributed by atoms with E-state index in [-0.39, 0.29) is 0 Å². The number of methoxy groups -OCH3 is 1. The average molecular weight is 425 g/mol. The van der Waals surface area contributed by atoms with E-state index in [0.29, 0.717) is 0 Å². The molecule has 0 N–H and O–H groups in total. The molecule has 0 aliphatic heterocycles. The second-order valence-electron chi connectivity index (χ2n) is 7.79. The van der Waals surface area contributed by atoms with E-state index in [0.717, 1.165) is 17.3 Å². The predicted octanol–water partition coefficient (Wildman–Crippen LogP) is 8.88. The smallest absolute Gasteiger partial charge is 0.122 e. The highest BCUT2D eigenvalue weighted by Gasteiger charge is 2.05. The molecule has 0 heterocycles. The van der Waals surface area contributed by atoms with Crippen molar-refractivity contribution in [1.29, 1.82) is 0 Å². The molecule has 0 atom stereocenters. The Bertz CT molecular complexity index is 476. The van der Waals surface area contributed by atoms with Gasteiger partial charge in [-0.25, -0.2) is 0 Å². The number of hydrogen-bond acceptors (Lipinski definition) is 3. The Morgan fingerprint density at radius 1 is 0.679 bits per heavy atom. The Labute approximate surface area is 184 Å². The lowest BCUT2D eigenvalue weighted by Gasteiger charge is -2.11. The van der Waals surface area contributed by atoms with Gasteiger partial charge in [0.1, 0.15) is 5.75 Å². The third-order valence-electron chi connectivity index (χ3n) is 5.16. The van der Waals surface area contributed by atoms with Gasteiger partial charge in [0.25, 0.3) is 0 Å². The molecular formula is C25H44OS2. The van der Waals surface area contributed by atoms with Crippen LogP contribution in [0.3, 0.4) is 0 Å². The first-order valence-electron chi connectivity index (χ1n) is 11.6. The monoisotopic (exact) mass is 424 g/mol. The van der Waals surface area contributed by atoms with Crippen molar-refractivity contribution in [2.24, 2.45) is 0 Å². The van der Waals surface area contributed by atoms with E-state index in [9.17, 15) is 0 Å². The molecule has 0 unspecified atom stereocenters. The van der Waals surface area contributed by atoms with Crippen LogP contribution in [0.1, 0.15) is 102 Å². The number of ether oxygens (including phenoxy) is 1. The summed E-state index contributed by atoms with van der Waals surface area (Å²) in [6, 6.07) is 6.79. The number of thioether (sulfide) groups is 2. The van der Waals surface area contributed by atoms with Crippen molar-refractivity contribution in [3.63, 3.8) is 0 Å². The van der Waals surface area contributed by atoms with Crippen LogP contribution in [-0.4, -0.2) is 18.6 Å². The maximum absolute atomic E-state index is 5.59. The van der Waals surface area contributed by atoms with Gasteiger partial charge in [-0.3, -0.25) is 0 Å². The SMILES string of the molecule is CCCCCCCCSCc1ccc(OC)c(CSCCCCCCCC)c1. The summed E-state index contributed by atoms with van der Waals surface area (Å²) in [7, 11) is 1.80. The summed E-state index contributed by atoms with van der Waals surface area (Å²) in [5.74, 6) is 5.83. The number of hydrogen-bond donors (Lipinski definition) is 0. The first-order valence-corrected chi connectivity index (χ1v) is 13.9. The zero-order valence-electron chi connectivity index (χ0n) is 18.8. The van der Waals surface area contributed by atoms with Crippen LogP contribution in [0.25, 0.3) is 0 Å². The van der Waals surface area contributed by atoms with E-state index in [1.54, 1.807) is 7.11 Å². The van der Waals surface area contributed by atoms with Crippen molar-refractivity contribution in [3.8, 4) is 5.75 Å². The molecule has 1 aromatic carbocycles. The van der Waals surface area contributed by atoms with Crippen LogP contribution < -0.4 is 4.74 Å². The van der Waals surface area contributed by atoms with Crippen molar-refractivity contribution >= 4 is 23.5 Å². The maximum Gasteiger partial charge on any atom is 0.122 e. The van der Waals surface area contributed by atoms with E-state index in [2.05, 4.69) is 55.6 Å². The van der Waals surface area contributed by atoms with Gasteiger partial charge in [-0.2, -0.15) is 23.5 Å². The molecule has 0 radical (unpaired) electrons. The molecule has 28 heavy (non-hydrogen) atoms. The average Bonchev–Trinajstić information content (AvgIpc) is 2.72. The highest BCUT2D eigenvalue weighted by Crippen LogP contribution is 2.27. The molecule has 0 aliphatic rings. The van der Waals surface area contributed by atoms with Gasteiger partial charge in [0.05, 0.1) is 7.11 Å². The molecule has 0 spiro atoms. The zero-order valence-corrected chi connectivity index (χ0v) is 20.4. The van der Waals surface area contributed by atoms with Gasteiger partial charge in [-0.05, 0) is 36.0 Å². The van der Waals surface area contributed by atoms with Crippen molar-refractivity contribution in [3.05, 3.63) is 29.3 Å². The second kappa shape index (κ2) is 18.7. The number of rotatable bonds is 19. The zero-order chi connectivity index (χ0) is 20.3. The van der Waals surface area contributed by atoms with Crippen LogP contribution in [0.2, 0.25) is 0 Å². The lowest BCUT2D eigenvalue weighted by atomic mass is 10.1. The van der Waals surface area contributed by atoms with Crippen LogP contribution in [0, 0.1) is 0 Å². The van der Waals surface area contributed by atoms with Crippen LogP contribution >= 0.6 is 23.5 Å². The van der Waals surface area contributed by atoms with Gasteiger partial charge in [-0.1, -0.05) is 90.2 Å². The minimum atomic E-state index is 1.06. The van der Waals surface area contributed by atoms with Crippen molar-refractivity contribution in [1.82, 2.24) is 0 Å². The Morgan fingerprint density at radius 3 is 1.79 bits per heavy atom. The van der Waals surface area contributed by atoms with Gasteiger partial charge < -0.3 is 4.74 Å². The van der Waals surface area contributed by atoms with Crippen LogP contribution in [0.15, 0.2) is 18.2 Å². The van der Waals surface area contributed by atoms with E-state index in [4.69, 9.17) is 4.74 Å². The summed E-state index contributed by atoms with van der Waals surface area (Å²) in [6.07, 6.45) is 16.6. The van der Waals surface area contributed by atoms with E-state index in [1.807, 2.05) is 0 Å². The maximum atomic E-state index is 5.59. The molecule has 0 bridgehead atoms. The molecule has 0 fully saturated rings. The minimum absolute atomic E-state index is 1.06. The van der Waals surface area contributed by atoms with E-state index >= 15 is 0 Å². The molecule has 0 saturated carbocycles. The highest BCUT2D eigenvalue weighted by molar-refractivity contribution is 7.98. The fraction of sp³-hybridized carbons (Fsp3) is 0.760. The molecule has 3 heteroatoms. The molecule has 0 aliphatic carbocycles. The summed E-state index contributed by atoms with van der Waals surface area (Å²) in [6.45, 7) is 4.57. The van der Waals surface area contributed by atoms with Crippen molar-refractivity contribution in [2.45, 2.75) is 102 Å². The summed E-state index contributed by atoms with van der Waals surface area (Å²) >= 11 is 4.15. The summed E-state index contributed by atoms with van der Waals surface area (Å²) in [4.78, 5) is 0. The molecule has 0 saturated heterocycles. The van der Waals surface area contributed by atoms with Gasteiger partial charge >= 0.3 is 0 Å². The van der Waals surface area contributed by atoms with Gasteiger partial charge in [-0.15, -0.1) is 0 Å². The Morgan fingerprint density at radius 2 is 1.21 bits per heavy atom. The lowest BCUT2D eigenvalue weighted by molar-refractivity contribution is 0.411. The van der Waals surface area contributed by atoms with E-state index < -0.39 is 0 Å². The van der Waals surface area contributed by atoms with Gasteiger partial charge in [0, 0.05) is 17.1 Å². The largest absolute Gasteiger partial charge is 0.496 e. The van der Waals surface area contributed by atoms with Crippen molar-refractivity contribution < 1.29 is 4.74 Å². The number of benzene rings is 1. The summed E-state index contributed by atoms with van der Waals surface area (Å²) in [5, 5.41) is 0. The van der Waals surface area contributed by atoms with Crippen LogP contribution in [0.5, 0.6) is 5.75 Å². The Hall–Kier alpha value is -0.280. The van der Waals surface area contributed by atoms with Gasteiger partial charge in [0.15, 0.2) is 0 Å². The summed E-state index contributed by atoms with van der Waals surface area (Å²) < 4.78 is 5.59. The van der Waals surface area contributed by atoms with Gasteiger partial charge in [0.2, 0.25) is 0 Å².